The molecular weight excluding hydrogens is 410 g/mol. The summed E-state index contributed by atoms with van der Waals surface area (Å²) in [5.41, 5.74) is 0.982. The molecule has 1 amide bonds. The summed E-state index contributed by atoms with van der Waals surface area (Å²) in [4.78, 5) is 26.0. The van der Waals surface area contributed by atoms with Gasteiger partial charge in [0.25, 0.3) is 0 Å². The van der Waals surface area contributed by atoms with E-state index in [0.29, 0.717) is 0 Å². The highest BCUT2D eigenvalue weighted by Crippen LogP contribution is 2.43. The summed E-state index contributed by atoms with van der Waals surface area (Å²) < 4.78 is 11.3. The number of hydrogen-bond donors (Lipinski definition) is 0. The minimum absolute atomic E-state index is 0.523. The average Bonchev–Trinajstić information content (AvgIpc) is 2.63. The van der Waals surface area contributed by atoms with E-state index in [1.807, 2.05) is 60.7 Å². The van der Waals surface area contributed by atoms with Crippen LogP contribution in [-0.4, -0.2) is 27.5 Å². The smallest absolute Gasteiger partial charge is 0.412 e. The number of cyclic esters (lactones) is 1. The summed E-state index contributed by atoms with van der Waals surface area (Å²) >= 11 is 3.32. The second-order valence-electron chi connectivity index (χ2n) is 7.35. The lowest BCUT2D eigenvalue weighted by atomic mass is 9.93. The maximum absolute atomic E-state index is 13.0. The van der Waals surface area contributed by atoms with Crippen LogP contribution < -0.4 is 0 Å². The number of carbonyl (C=O) groups excluding carboxylic acids is 2. The standard InChI is InChI=1S/C21H22BrNO4/c1-21(2,3)27-20(25)23-16(14-10-6-4-7-11-14)17(26-19(24)18(23)22)15-12-8-5-9-13-15/h4-13,16-18H,1-3H3/t16-,17+,18+/m0/s1. The van der Waals surface area contributed by atoms with Gasteiger partial charge in [-0.1, -0.05) is 76.6 Å². The van der Waals surface area contributed by atoms with Crippen molar-refractivity contribution in [2.75, 3.05) is 0 Å². The highest BCUT2D eigenvalue weighted by molar-refractivity contribution is 9.09. The molecule has 5 nitrogen and oxygen atoms in total. The van der Waals surface area contributed by atoms with Gasteiger partial charge in [-0.15, -0.1) is 0 Å². The number of amides is 1. The van der Waals surface area contributed by atoms with E-state index in [2.05, 4.69) is 15.9 Å². The first-order chi connectivity index (χ1) is 12.8. The molecule has 0 spiro atoms. The third-order valence-corrected chi connectivity index (χ3v) is 4.96. The molecule has 0 aromatic heterocycles. The summed E-state index contributed by atoms with van der Waals surface area (Å²) in [7, 11) is 0. The van der Waals surface area contributed by atoms with Crippen molar-refractivity contribution in [3.8, 4) is 0 Å². The third-order valence-electron chi connectivity index (χ3n) is 4.14. The molecule has 0 bridgehead atoms. The summed E-state index contributed by atoms with van der Waals surface area (Å²) in [5, 5.41) is 0. The predicted molar refractivity (Wildman–Crippen MR) is 105 cm³/mol. The molecule has 2 aromatic rings. The van der Waals surface area contributed by atoms with Crippen LogP contribution in [0.3, 0.4) is 0 Å². The van der Waals surface area contributed by atoms with Gasteiger partial charge in [0.15, 0.2) is 11.1 Å². The lowest BCUT2D eigenvalue weighted by molar-refractivity contribution is -0.167. The number of rotatable bonds is 2. The Hall–Kier alpha value is -2.34. The average molecular weight is 432 g/mol. The van der Waals surface area contributed by atoms with Crippen molar-refractivity contribution >= 4 is 28.0 Å². The van der Waals surface area contributed by atoms with Gasteiger partial charge >= 0.3 is 12.1 Å². The Bertz CT molecular complexity index is 804. The maximum atomic E-state index is 13.0. The van der Waals surface area contributed by atoms with E-state index in [4.69, 9.17) is 9.47 Å². The summed E-state index contributed by atoms with van der Waals surface area (Å²) in [6, 6.07) is 18.4. The van der Waals surface area contributed by atoms with Crippen molar-refractivity contribution in [2.24, 2.45) is 0 Å². The lowest BCUT2D eigenvalue weighted by Crippen LogP contribution is -2.52. The Morgan fingerprint density at radius 3 is 2.04 bits per heavy atom. The molecule has 0 saturated carbocycles. The van der Waals surface area contributed by atoms with Crippen LogP contribution in [0.5, 0.6) is 0 Å². The van der Waals surface area contributed by atoms with Crippen molar-refractivity contribution in [1.82, 2.24) is 4.90 Å². The second kappa shape index (κ2) is 7.72. The van der Waals surface area contributed by atoms with Crippen LogP contribution in [0, 0.1) is 0 Å². The van der Waals surface area contributed by atoms with Gasteiger partial charge in [0, 0.05) is 0 Å². The molecule has 0 N–H and O–H groups in total. The van der Waals surface area contributed by atoms with Crippen LogP contribution in [0.4, 0.5) is 4.79 Å². The molecule has 0 unspecified atom stereocenters. The predicted octanol–water partition coefficient (Wildman–Crippen LogP) is 4.98. The Kier molecular flexibility index (Phi) is 5.56. The van der Waals surface area contributed by atoms with Gasteiger partial charge in [0.2, 0.25) is 0 Å². The molecule has 27 heavy (non-hydrogen) atoms. The van der Waals surface area contributed by atoms with Gasteiger partial charge in [-0.3, -0.25) is 4.90 Å². The molecule has 6 heteroatoms. The number of alkyl halides is 1. The monoisotopic (exact) mass is 431 g/mol. The van der Waals surface area contributed by atoms with Gasteiger partial charge in [-0.25, -0.2) is 9.59 Å². The molecule has 1 fully saturated rings. The number of morpholine rings is 1. The zero-order valence-corrected chi connectivity index (χ0v) is 17.0. The van der Waals surface area contributed by atoms with Crippen LogP contribution in [-0.2, 0) is 14.3 Å². The van der Waals surface area contributed by atoms with Gasteiger partial charge < -0.3 is 9.47 Å². The number of nitrogens with zero attached hydrogens (tertiary/aromatic N) is 1. The van der Waals surface area contributed by atoms with E-state index in [9.17, 15) is 9.59 Å². The lowest BCUT2D eigenvalue weighted by Gasteiger charge is -2.43. The van der Waals surface area contributed by atoms with Gasteiger partial charge in [0.05, 0.1) is 0 Å². The molecule has 1 saturated heterocycles. The Labute approximate surface area is 167 Å². The van der Waals surface area contributed by atoms with Gasteiger partial charge in [0.1, 0.15) is 11.6 Å². The molecule has 3 rings (SSSR count). The quantitative estimate of drug-likeness (QED) is 0.382. The highest BCUT2D eigenvalue weighted by atomic mass is 79.9. The number of esters is 1. The van der Waals surface area contributed by atoms with Crippen LogP contribution >= 0.6 is 15.9 Å². The molecule has 0 radical (unpaired) electrons. The minimum Gasteiger partial charge on any atom is -0.453 e. The number of hydrogen-bond acceptors (Lipinski definition) is 4. The first-order valence-corrected chi connectivity index (χ1v) is 9.65. The molecule has 142 valence electrons. The van der Waals surface area contributed by atoms with Crippen molar-refractivity contribution in [1.29, 1.82) is 0 Å². The molecule has 0 aliphatic carbocycles. The Morgan fingerprint density at radius 1 is 1.00 bits per heavy atom. The first kappa shape index (κ1) is 19.4. The molecule has 1 heterocycles. The Morgan fingerprint density at radius 2 is 1.52 bits per heavy atom. The summed E-state index contributed by atoms with van der Waals surface area (Å²) in [6.45, 7) is 5.38. The topological polar surface area (TPSA) is 55.8 Å². The SMILES string of the molecule is CC(C)(C)OC(=O)N1[C@@H](Br)C(=O)O[C@H](c2ccccc2)[C@@H]1c1ccccc1. The van der Waals surface area contributed by atoms with E-state index >= 15 is 0 Å². The number of benzene rings is 2. The van der Waals surface area contributed by atoms with Crippen LogP contribution in [0.1, 0.15) is 44.0 Å². The van der Waals surface area contributed by atoms with E-state index in [1.165, 1.54) is 4.90 Å². The normalized spacial score (nSPS) is 22.9. The van der Waals surface area contributed by atoms with Crippen molar-refractivity contribution in [3.05, 3.63) is 71.8 Å². The largest absolute Gasteiger partial charge is 0.453 e. The van der Waals surface area contributed by atoms with Crippen LogP contribution in [0.15, 0.2) is 60.7 Å². The number of halogens is 1. The molecule has 3 atom stereocenters. The second-order valence-corrected chi connectivity index (χ2v) is 8.21. The molecule has 2 aromatic carbocycles. The zero-order chi connectivity index (χ0) is 19.6. The fraction of sp³-hybridized carbons (Fsp3) is 0.333. The van der Waals surface area contributed by atoms with Crippen molar-refractivity contribution < 1.29 is 19.1 Å². The van der Waals surface area contributed by atoms with Crippen molar-refractivity contribution in [2.45, 2.75) is 43.5 Å². The van der Waals surface area contributed by atoms with Gasteiger partial charge in [-0.05, 0) is 31.9 Å². The third kappa shape index (κ3) is 4.33. The van der Waals surface area contributed by atoms with E-state index in [0.717, 1.165) is 11.1 Å². The fourth-order valence-electron chi connectivity index (χ4n) is 3.05. The summed E-state index contributed by atoms with van der Waals surface area (Å²) in [5.74, 6) is -0.526. The molecule has 1 aliphatic heterocycles. The minimum atomic E-state index is -0.933. The maximum Gasteiger partial charge on any atom is 0.412 e. The van der Waals surface area contributed by atoms with Crippen molar-refractivity contribution in [3.63, 3.8) is 0 Å². The van der Waals surface area contributed by atoms with Crippen LogP contribution in [0.2, 0.25) is 0 Å². The first-order valence-electron chi connectivity index (χ1n) is 8.74. The number of ether oxygens (including phenoxy) is 2. The molecule has 1 aliphatic rings. The van der Waals surface area contributed by atoms with Crippen LogP contribution in [0.25, 0.3) is 0 Å². The molecular formula is C21H22BrNO4. The summed E-state index contributed by atoms with van der Waals surface area (Å²) in [6.07, 6.45) is -1.21. The Balaban J connectivity index is 2.09. The van der Waals surface area contributed by atoms with E-state index < -0.39 is 34.8 Å². The van der Waals surface area contributed by atoms with E-state index in [1.54, 1.807) is 20.8 Å². The number of carbonyl (C=O) groups is 2. The van der Waals surface area contributed by atoms with Gasteiger partial charge in [-0.2, -0.15) is 0 Å². The fourth-order valence-corrected chi connectivity index (χ4v) is 3.58. The van der Waals surface area contributed by atoms with E-state index in [-0.39, 0.29) is 0 Å². The highest BCUT2D eigenvalue weighted by Gasteiger charge is 2.48. The zero-order valence-electron chi connectivity index (χ0n) is 15.5.